The normalized spacial score (nSPS) is 14.2. The molecule has 0 aliphatic carbocycles. The molecule has 0 radical (unpaired) electrons. The monoisotopic (exact) mass is 452 g/mol. The van der Waals surface area contributed by atoms with Crippen molar-refractivity contribution in [1.82, 2.24) is 15.2 Å². The van der Waals surface area contributed by atoms with Gasteiger partial charge in [-0.15, -0.1) is 11.3 Å². The molecule has 0 atom stereocenters. The van der Waals surface area contributed by atoms with E-state index in [1.54, 1.807) is 35.3 Å². The molecule has 1 aliphatic heterocycles. The zero-order chi connectivity index (χ0) is 22.5. The zero-order valence-electron chi connectivity index (χ0n) is 17.8. The van der Waals surface area contributed by atoms with Crippen LogP contribution in [0.4, 0.5) is 14.9 Å². The Bertz CT molecular complexity index is 1090. The summed E-state index contributed by atoms with van der Waals surface area (Å²) in [5.74, 6) is -0.503. The number of amides is 3. The summed E-state index contributed by atoms with van der Waals surface area (Å²) in [5.41, 5.74) is 2.86. The van der Waals surface area contributed by atoms with Gasteiger partial charge < -0.3 is 15.5 Å². The van der Waals surface area contributed by atoms with Gasteiger partial charge in [-0.2, -0.15) is 0 Å². The highest BCUT2D eigenvalue weighted by molar-refractivity contribution is 7.13. The second-order valence-electron chi connectivity index (χ2n) is 7.88. The van der Waals surface area contributed by atoms with Gasteiger partial charge in [-0.25, -0.2) is 14.2 Å². The van der Waals surface area contributed by atoms with Crippen LogP contribution >= 0.6 is 11.3 Å². The number of aromatic nitrogens is 1. The highest BCUT2D eigenvalue weighted by Crippen LogP contribution is 2.24. The largest absolute Gasteiger partial charge is 0.350 e. The molecule has 8 heteroatoms. The van der Waals surface area contributed by atoms with Gasteiger partial charge in [0.05, 0.1) is 12.2 Å². The first-order chi connectivity index (χ1) is 15.5. The number of nitrogens with one attached hydrogen (secondary N) is 2. The molecule has 2 N–H and O–H groups in total. The Hall–Kier alpha value is -3.26. The molecule has 6 nitrogen and oxygen atoms in total. The first kappa shape index (κ1) is 22.0. The van der Waals surface area contributed by atoms with Crippen molar-refractivity contribution in [3.63, 3.8) is 0 Å². The Morgan fingerprint density at radius 1 is 1.16 bits per heavy atom. The topological polar surface area (TPSA) is 74.3 Å². The molecule has 1 aromatic heterocycles. The number of piperidine rings is 1. The summed E-state index contributed by atoms with van der Waals surface area (Å²) >= 11 is 1.56. The predicted molar refractivity (Wildman–Crippen MR) is 124 cm³/mol. The minimum atomic E-state index is -0.353. The SMILES string of the molecule is Cc1ccc(NC(=O)N2CCC(C(=O)NCc3csc(-c4ccccc4)n3)CC2)cc1F. The van der Waals surface area contributed by atoms with Gasteiger partial charge in [0, 0.05) is 35.6 Å². The molecule has 1 saturated heterocycles. The lowest BCUT2D eigenvalue weighted by Gasteiger charge is -2.31. The summed E-state index contributed by atoms with van der Waals surface area (Å²) in [6.07, 6.45) is 1.18. The minimum Gasteiger partial charge on any atom is -0.350 e. The highest BCUT2D eigenvalue weighted by Gasteiger charge is 2.27. The molecule has 0 spiro atoms. The van der Waals surface area contributed by atoms with Crippen LogP contribution in [0, 0.1) is 18.7 Å². The average molecular weight is 453 g/mol. The number of carbonyl (C=O) groups excluding carboxylic acids is 2. The highest BCUT2D eigenvalue weighted by atomic mass is 32.1. The number of likely N-dealkylation sites (tertiary alicyclic amines) is 1. The van der Waals surface area contributed by atoms with E-state index in [4.69, 9.17) is 0 Å². The summed E-state index contributed by atoms with van der Waals surface area (Å²) in [7, 11) is 0. The van der Waals surface area contributed by atoms with Crippen LogP contribution in [0.15, 0.2) is 53.9 Å². The summed E-state index contributed by atoms with van der Waals surface area (Å²) in [6.45, 7) is 3.02. The Morgan fingerprint density at radius 3 is 2.62 bits per heavy atom. The Balaban J connectivity index is 1.23. The van der Waals surface area contributed by atoms with E-state index < -0.39 is 0 Å². The van der Waals surface area contributed by atoms with Crippen LogP contribution in [0.5, 0.6) is 0 Å². The maximum absolute atomic E-state index is 13.7. The van der Waals surface area contributed by atoms with Crippen molar-refractivity contribution in [2.75, 3.05) is 18.4 Å². The van der Waals surface area contributed by atoms with E-state index >= 15 is 0 Å². The lowest BCUT2D eigenvalue weighted by molar-refractivity contribution is -0.126. The van der Waals surface area contributed by atoms with E-state index in [9.17, 15) is 14.0 Å². The third kappa shape index (κ3) is 5.31. The molecule has 3 aromatic rings. The maximum Gasteiger partial charge on any atom is 0.321 e. The van der Waals surface area contributed by atoms with Gasteiger partial charge >= 0.3 is 6.03 Å². The summed E-state index contributed by atoms with van der Waals surface area (Å²) in [5, 5.41) is 8.59. The summed E-state index contributed by atoms with van der Waals surface area (Å²) in [6, 6.07) is 14.3. The lowest BCUT2D eigenvalue weighted by Crippen LogP contribution is -2.44. The van der Waals surface area contributed by atoms with Gasteiger partial charge in [-0.3, -0.25) is 4.79 Å². The molecule has 2 heterocycles. The molecule has 0 saturated carbocycles. The maximum atomic E-state index is 13.7. The van der Waals surface area contributed by atoms with E-state index in [0.29, 0.717) is 43.7 Å². The summed E-state index contributed by atoms with van der Waals surface area (Å²) in [4.78, 5) is 31.3. The Kier molecular flexibility index (Phi) is 6.80. The number of nitrogens with zero attached hydrogens (tertiary/aromatic N) is 2. The predicted octanol–water partition coefficient (Wildman–Crippen LogP) is 4.82. The van der Waals surface area contributed by atoms with Gasteiger partial charge in [0.15, 0.2) is 0 Å². The smallest absolute Gasteiger partial charge is 0.321 e. The number of aryl methyl sites for hydroxylation is 1. The third-order valence-corrected chi connectivity index (χ3v) is 6.53. The number of halogens is 1. The van der Waals surface area contributed by atoms with Gasteiger partial charge in [0.1, 0.15) is 10.8 Å². The molecule has 0 unspecified atom stereocenters. The van der Waals surface area contributed by atoms with Gasteiger partial charge in [-0.1, -0.05) is 36.4 Å². The van der Waals surface area contributed by atoms with Crippen molar-refractivity contribution in [1.29, 1.82) is 0 Å². The zero-order valence-corrected chi connectivity index (χ0v) is 18.6. The molecular weight excluding hydrogens is 427 g/mol. The number of hydrogen-bond acceptors (Lipinski definition) is 4. The number of benzene rings is 2. The molecule has 2 aromatic carbocycles. The lowest BCUT2D eigenvalue weighted by atomic mass is 9.96. The molecule has 32 heavy (non-hydrogen) atoms. The Morgan fingerprint density at radius 2 is 1.91 bits per heavy atom. The van der Waals surface area contributed by atoms with Crippen LogP contribution in [-0.2, 0) is 11.3 Å². The number of thiazole rings is 1. The van der Waals surface area contributed by atoms with Gasteiger partial charge in [0.2, 0.25) is 5.91 Å². The summed E-state index contributed by atoms with van der Waals surface area (Å²) < 4.78 is 13.7. The second kappa shape index (κ2) is 9.91. The van der Waals surface area contributed by atoms with E-state index in [0.717, 1.165) is 16.3 Å². The Labute approximate surface area is 190 Å². The first-order valence-corrected chi connectivity index (χ1v) is 11.5. The standard InChI is InChI=1S/C24H25FN4O2S/c1-16-7-8-19(13-21(16)25)28-24(31)29-11-9-17(10-12-29)22(30)26-14-20-15-32-23(27-20)18-5-3-2-4-6-18/h2-8,13,15,17H,9-12,14H2,1H3,(H,26,30)(H,28,31). The number of carbonyl (C=O) groups is 2. The van der Waals surface area contributed by atoms with Crippen molar-refractivity contribution in [2.24, 2.45) is 5.92 Å². The molecule has 1 aliphatic rings. The van der Waals surface area contributed by atoms with Crippen LogP contribution in [-0.4, -0.2) is 34.9 Å². The fourth-order valence-electron chi connectivity index (χ4n) is 3.64. The average Bonchev–Trinajstić information content (AvgIpc) is 3.30. The van der Waals surface area contributed by atoms with Gasteiger partial charge in [0.25, 0.3) is 0 Å². The van der Waals surface area contributed by atoms with Crippen LogP contribution in [0.2, 0.25) is 0 Å². The second-order valence-corrected chi connectivity index (χ2v) is 8.74. The number of hydrogen-bond donors (Lipinski definition) is 2. The van der Waals surface area contributed by atoms with E-state index in [-0.39, 0.29) is 23.7 Å². The first-order valence-electron chi connectivity index (χ1n) is 10.6. The van der Waals surface area contributed by atoms with Crippen molar-refractivity contribution in [3.8, 4) is 10.6 Å². The molecule has 0 bridgehead atoms. The molecule has 4 rings (SSSR count). The molecular formula is C24H25FN4O2S. The van der Waals surface area contributed by atoms with E-state index in [1.165, 1.54) is 6.07 Å². The third-order valence-electron chi connectivity index (χ3n) is 5.59. The fourth-order valence-corrected chi connectivity index (χ4v) is 4.47. The number of anilines is 1. The van der Waals surface area contributed by atoms with Crippen molar-refractivity contribution < 1.29 is 14.0 Å². The van der Waals surface area contributed by atoms with Crippen LogP contribution in [0.25, 0.3) is 10.6 Å². The van der Waals surface area contributed by atoms with Crippen molar-refractivity contribution >= 4 is 29.0 Å². The molecule has 3 amide bonds. The van der Waals surface area contributed by atoms with Crippen LogP contribution < -0.4 is 10.6 Å². The molecule has 1 fully saturated rings. The quantitative estimate of drug-likeness (QED) is 0.583. The van der Waals surface area contributed by atoms with E-state index in [1.807, 2.05) is 35.7 Å². The van der Waals surface area contributed by atoms with Crippen molar-refractivity contribution in [3.05, 3.63) is 71.0 Å². The van der Waals surface area contributed by atoms with Crippen LogP contribution in [0.1, 0.15) is 24.1 Å². The fraction of sp³-hybridized carbons (Fsp3) is 0.292. The minimum absolute atomic E-state index is 0.0140. The van der Waals surface area contributed by atoms with Crippen LogP contribution in [0.3, 0.4) is 0 Å². The van der Waals surface area contributed by atoms with E-state index in [2.05, 4.69) is 15.6 Å². The van der Waals surface area contributed by atoms with Crippen molar-refractivity contribution in [2.45, 2.75) is 26.3 Å². The number of urea groups is 1. The molecule has 166 valence electrons. The van der Waals surface area contributed by atoms with Gasteiger partial charge in [-0.05, 0) is 37.5 Å². The number of rotatable bonds is 5.